The van der Waals surface area contributed by atoms with Crippen LogP contribution in [-0.2, 0) is 9.59 Å². The van der Waals surface area contributed by atoms with E-state index >= 15 is 0 Å². The number of aliphatic imine (C=N–C) groups is 1. The van der Waals surface area contributed by atoms with Crippen molar-refractivity contribution in [2.24, 2.45) is 10.9 Å². The zero-order chi connectivity index (χ0) is 17.8. The number of amides is 2. The minimum atomic E-state index is -0.430. The molecule has 2 amide bonds. The standard InChI is InChI=1S/C19H21N3O2S/c1-12(2)11-20-19-22-18(24)16(25-19)10-17(23)21-15-9-5-7-13-6-3-4-8-14(13)15/h3-9,12,16H,10-11H2,1-2H3,(H,21,23)(H,20,22,24). The van der Waals surface area contributed by atoms with E-state index in [1.54, 1.807) is 0 Å². The molecule has 6 heteroatoms. The molecule has 0 aromatic heterocycles. The van der Waals surface area contributed by atoms with Crippen molar-refractivity contribution in [3.63, 3.8) is 0 Å². The Labute approximate surface area is 151 Å². The molecule has 1 fully saturated rings. The first-order chi connectivity index (χ1) is 12.0. The number of thioether (sulfide) groups is 1. The number of nitrogens with zero attached hydrogens (tertiary/aromatic N) is 1. The lowest BCUT2D eigenvalue weighted by Gasteiger charge is -2.10. The maximum Gasteiger partial charge on any atom is 0.240 e. The highest BCUT2D eigenvalue weighted by Crippen LogP contribution is 2.26. The van der Waals surface area contributed by atoms with Crippen molar-refractivity contribution in [2.45, 2.75) is 25.5 Å². The topological polar surface area (TPSA) is 70.6 Å². The Morgan fingerprint density at radius 1 is 1.24 bits per heavy atom. The molecular weight excluding hydrogens is 334 g/mol. The summed E-state index contributed by atoms with van der Waals surface area (Å²) in [6.45, 7) is 4.80. The summed E-state index contributed by atoms with van der Waals surface area (Å²) in [6.07, 6.45) is 0.125. The molecule has 2 aromatic rings. The van der Waals surface area contributed by atoms with E-state index in [1.165, 1.54) is 11.8 Å². The highest BCUT2D eigenvalue weighted by molar-refractivity contribution is 8.15. The summed E-state index contributed by atoms with van der Waals surface area (Å²) in [5.74, 6) is 0.105. The summed E-state index contributed by atoms with van der Waals surface area (Å²) in [7, 11) is 0. The average Bonchev–Trinajstić information content (AvgIpc) is 2.93. The number of amidine groups is 1. The lowest BCUT2D eigenvalue weighted by molar-refractivity contribution is -0.122. The Morgan fingerprint density at radius 3 is 2.80 bits per heavy atom. The van der Waals surface area contributed by atoms with Crippen LogP contribution in [0.15, 0.2) is 47.5 Å². The van der Waals surface area contributed by atoms with Gasteiger partial charge in [0.25, 0.3) is 0 Å². The van der Waals surface area contributed by atoms with E-state index in [1.807, 2.05) is 42.5 Å². The molecule has 0 bridgehead atoms. The molecule has 1 heterocycles. The van der Waals surface area contributed by atoms with E-state index in [2.05, 4.69) is 29.5 Å². The van der Waals surface area contributed by atoms with Crippen LogP contribution in [0.5, 0.6) is 0 Å². The largest absolute Gasteiger partial charge is 0.325 e. The van der Waals surface area contributed by atoms with Crippen LogP contribution in [0, 0.1) is 5.92 Å². The van der Waals surface area contributed by atoms with E-state index in [-0.39, 0.29) is 18.2 Å². The number of hydrogen-bond acceptors (Lipinski definition) is 4. The lowest BCUT2D eigenvalue weighted by atomic mass is 10.1. The van der Waals surface area contributed by atoms with E-state index in [0.717, 1.165) is 16.5 Å². The Kier molecular flexibility index (Phi) is 5.38. The van der Waals surface area contributed by atoms with Crippen LogP contribution in [0.2, 0.25) is 0 Å². The normalized spacial score (nSPS) is 18.8. The van der Waals surface area contributed by atoms with Crippen LogP contribution in [0.3, 0.4) is 0 Å². The number of carbonyl (C=O) groups excluding carboxylic acids is 2. The fourth-order valence-electron chi connectivity index (χ4n) is 2.58. The molecular formula is C19H21N3O2S. The van der Waals surface area contributed by atoms with Crippen LogP contribution in [-0.4, -0.2) is 28.8 Å². The van der Waals surface area contributed by atoms with Gasteiger partial charge in [-0.2, -0.15) is 0 Å². The Balaban J connectivity index is 1.64. The Hall–Kier alpha value is -2.34. The summed E-state index contributed by atoms with van der Waals surface area (Å²) in [6, 6.07) is 13.7. The molecule has 1 aliphatic rings. The van der Waals surface area contributed by atoms with Crippen molar-refractivity contribution in [2.75, 3.05) is 11.9 Å². The minimum absolute atomic E-state index is 0.125. The third-order valence-electron chi connectivity index (χ3n) is 3.81. The number of carbonyl (C=O) groups is 2. The summed E-state index contributed by atoms with van der Waals surface area (Å²) < 4.78 is 0. The molecule has 130 valence electrons. The molecule has 3 rings (SSSR count). The first-order valence-electron chi connectivity index (χ1n) is 8.32. The maximum atomic E-state index is 12.4. The predicted octanol–water partition coefficient (Wildman–Crippen LogP) is 3.41. The van der Waals surface area contributed by atoms with Crippen molar-refractivity contribution in [3.05, 3.63) is 42.5 Å². The molecule has 25 heavy (non-hydrogen) atoms. The van der Waals surface area contributed by atoms with Gasteiger partial charge in [-0.25, -0.2) is 0 Å². The molecule has 0 aliphatic carbocycles. The van der Waals surface area contributed by atoms with Crippen molar-refractivity contribution >= 4 is 45.2 Å². The van der Waals surface area contributed by atoms with Crippen molar-refractivity contribution in [3.8, 4) is 0 Å². The van der Waals surface area contributed by atoms with E-state index in [4.69, 9.17) is 0 Å². The van der Waals surface area contributed by atoms with Crippen molar-refractivity contribution in [1.82, 2.24) is 5.32 Å². The van der Waals surface area contributed by atoms with Crippen molar-refractivity contribution < 1.29 is 9.59 Å². The van der Waals surface area contributed by atoms with Gasteiger partial charge in [-0.05, 0) is 17.4 Å². The Morgan fingerprint density at radius 2 is 2.00 bits per heavy atom. The summed E-state index contributed by atoms with van der Waals surface area (Å²) in [4.78, 5) is 28.8. The summed E-state index contributed by atoms with van der Waals surface area (Å²) in [5, 5.41) is 7.91. The van der Waals surface area contributed by atoms with Gasteiger partial charge >= 0.3 is 0 Å². The molecule has 0 saturated carbocycles. The van der Waals surface area contributed by atoms with Gasteiger partial charge in [0.15, 0.2) is 5.17 Å². The van der Waals surface area contributed by atoms with Gasteiger partial charge in [0.2, 0.25) is 11.8 Å². The van der Waals surface area contributed by atoms with Crippen LogP contribution in [0.1, 0.15) is 20.3 Å². The van der Waals surface area contributed by atoms with E-state index in [0.29, 0.717) is 17.6 Å². The first-order valence-corrected chi connectivity index (χ1v) is 9.20. The van der Waals surface area contributed by atoms with Gasteiger partial charge in [-0.15, -0.1) is 0 Å². The molecule has 1 unspecified atom stereocenters. The fraction of sp³-hybridized carbons (Fsp3) is 0.316. The smallest absolute Gasteiger partial charge is 0.240 e. The van der Waals surface area contributed by atoms with Crippen LogP contribution in [0.4, 0.5) is 5.69 Å². The third-order valence-corrected chi connectivity index (χ3v) is 4.93. The second kappa shape index (κ2) is 7.70. The first kappa shape index (κ1) is 17.5. The molecule has 2 aromatic carbocycles. The molecule has 0 radical (unpaired) electrons. The van der Waals surface area contributed by atoms with E-state index < -0.39 is 5.25 Å². The average molecular weight is 355 g/mol. The number of nitrogens with one attached hydrogen (secondary N) is 2. The number of benzene rings is 2. The summed E-state index contributed by atoms with van der Waals surface area (Å²) >= 11 is 1.33. The van der Waals surface area contributed by atoms with Crippen LogP contribution < -0.4 is 10.6 Å². The van der Waals surface area contributed by atoms with Gasteiger partial charge in [0.1, 0.15) is 5.25 Å². The highest BCUT2D eigenvalue weighted by Gasteiger charge is 2.32. The number of rotatable bonds is 5. The van der Waals surface area contributed by atoms with Crippen LogP contribution >= 0.6 is 11.8 Å². The molecule has 0 spiro atoms. The van der Waals surface area contributed by atoms with Crippen LogP contribution in [0.25, 0.3) is 10.8 Å². The Bertz CT molecular complexity index is 827. The molecule has 1 saturated heterocycles. The maximum absolute atomic E-state index is 12.4. The second-order valence-electron chi connectivity index (χ2n) is 6.41. The SMILES string of the molecule is CC(C)CN=C1NC(=O)C(CC(=O)Nc2cccc3ccccc23)S1. The molecule has 2 N–H and O–H groups in total. The third kappa shape index (κ3) is 4.39. The fourth-order valence-corrected chi connectivity index (χ4v) is 3.56. The van der Waals surface area contributed by atoms with Gasteiger partial charge in [-0.1, -0.05) is 62.0 Å². The zero-order valence-corrected chi connectivity index (χ0v) is 15.1. The number of hydrogen-bond donors (Lipinski definition) is 2. The highest BCUT2D eigenvalue weighted by atomic mass is 32.2. The van der Waals surface area contributed by atoms with Crippen molar-refractivity contribution in [1.29, 1.82) is 0 Å². The molecule has 5 nitrogen and oxygen atoms in total. The zero-order valence-electron chi connectivity index (χ0n) is 14.3. The van der Waals surface area contributed by atoms with Gasteiger partial charge < -0.3 is 10.6 Å². The van der Waals surface area contributed by atoms with E-state index in [9.17, 15) is 9.59 Å². The predicted molar refractivity (Wildman–Crippen MR) is 104 cm³/mol. The molecule has 1 aliphatic heterocycles. The second-order valence-corrected chi connectivity index (χ2v) is 7.61. The monoisotopic (exact) mass is 355 g/mol. The lowest BCUT2D eigenvalue weighted by Crippen LogP contribution is -2.28. The number of fused-ring (bicyclic) bond motifs is 1. The van der Waals surface area contributed by atoms with Gasteiger partial charge in [0, 0.05) is 24.0 Å². The van der Waals surface area contributed by atoms with Gasteiger partial charge in [0.05, 0.1) is 0 Å². The quantitative estimate of drug-likeness (QED) is 0.863. The minimum Gasteiger partial charge on any atom is -0.325 e. The summed E-state index contributed by atoms with van der Waals surface area (Å²) in [5.41, 5.74) is 0.764. The van der Waals surface area contributed by atoms with Gasteiger partial charge in [-0.3, -0.25) is 14.6 Å². The molecule has 1 atom stereocenters. The number of anilines is 1.